The molecule has 1 aromatic heterocycles. The second kappa shape index (κ2) is 5.50. The zero-order valence-electron chi connectivity index (χ0n) is 12.4. The van der Waals surface area contributed by atoms with E-state index in [1.807, 2.05) is 17.9 Å². The topological polar surface area (TPSA) is 29.9 Å². The maximum Gasteiger partial charge on any atom is 0.0685 e. The van der Waals surface area contributed by atoms with Crippen LogP contribution in [0, 0.1) is 5.92 Å². The Hall–Kier alpha value is -1.26. The molecule has 0 aliphatic carbocycles. The summed E-state index contributed by atoms with van der Waals surface area (Å²) >= 11 is 2.09. The van der Waals surface area contributed by atoms with Gasteiger partial charge in [-0.05, 0) is 60.4 Å². The molecular formula is C17H21N3S. The molecule has 21 heavy (non-hydrogen) atoms. The average Bonchev–Trinajstić information content (AvgIpc) is 3.15. The first kappa shape index (κ1) is 13.4. The molecule has 0 bridgehead atoms. The maximum absolute atomic E-state index is 4.36. The molecule has 0 radical (unpaired) electrons. The Morgan fingerprint density at radius 3 is 3.00 bits per heavy atom. The highest BCUT2D eigenvalue weighted by molar-refractivity contribution is 8.03. The summed E-state index contributed by atoms with van der Waals surface area (Å²) in [4.78, 5) is 1.66. The van der Waals surface area contributed by atoms with Crippen LogP contribution in [0.15, 0.2) is 29.3 Å². The fourth-order valence-corrected chi connectivity index (χ4v) is 4.93. The number of aromatic nitrogens is 2. The first-order valence-corrected chi connectivity index (χ1v) is 8.80. The van der Waals surface area contributed by atoms with Crippen LogP contribution in [0.25, 0.3) is 16.5 Å². The Balaban J connectivity index is 1.75. The highest BCUT2D eigenvalue weighted by atomic mass is 32.2. The van der Waals surface area contributed by atoms with Crippen LogP contribution in [0.1, 0.15) is 24.8 Å². The van der Waals surface area contributed by atoms with E-state index in [0.717, 1.165) is 5.92 Å². The summed E-state index contributed by atoms with van der Waals surface area (Å²) in [7, 11) is 2.03. The van der Waals surface area contributed by atoms with E-state index in [4.69, 9.17) is 0 Å². The van der Waals surface area contributed by atoms with Gasteiger partial charge in [0.2, 0.25) is 0 Å². The van der Waals surface area contributed by atoms with Gasteiger partial charge < -0.3 is 5.32 Å². The third-order valence-corrected chi connectivity index (χ3v) is 6.01. The lowest BCUT2D eigenvalue weighted by Crippen LogP contribution is -2.28. The van der Waals surface area contributed by atoms with Crippen molar-refractivity contribution in [2.24, 2.45) is 13.0 Å². The summed E-state index contributed by atoms with van der Waals surface area (Å²) in [6.45, 7) is 2.34. The fourth-order valence-electron chi connectivity index (χ4n) is 3.54. The molecule has 1 aromatic carbocycles. The monoisotopic (exact) mass is 299 g/mol. The van der Waals surface area contributed by atoms with Crippen molar-refractivity contribution in [1.82, 2.24) is 15.1 Å². The number of thioether (sulfide) groups is 1. The van der Waals surface area contributed by atoms with E-state index in [2.05, 4.69) is 40.4 Å². The summed E-state index contributed by atoms with van der Waals surface area (Å²) in [5, 5.41) is 9.07. The number of hydrogen-bond acceptors (Lipinski definition) is 3. The lowest BCUT2D eigenvalue weighted by atomic mass is 9.91. The molecule has 110 valence electrons. The van der Waals surface area contributed by atoms with Gasteiger partial charge in [0.1, 0.15) is 0 Å². The van der Waals surface area contributed by atoms with Gasteiger partial charge in [0, 0.05) is 18.2 Å². The number of piperidine rings is 1. The second-order valence-corrected chi connectivity index (χ2v) is 7.14. The number of nitrogens with zero attached hydrogens (tertiary/aromatic N) is 2. The fraction of sp³-hybridized carbons (Fsp3) is 0.471. The van der Waals surface area contributed by atoms with E-state index < -0.39 is 0 Å². The Morgan fingerprint density at radius 2 is 2.14 bits per heavy atom. The lowest BCUT2D eigenvalue weighted by molar-refractivity contribution is 0.433. The van der Waals surface area contributed by atoms with Crippen LogP contribution in [0.5, 0.6) is 0 Å². The SMILES string of the molecule is Cn1ncc2ccc(C3=C(C4CCNCC4)SCC3)cc21. The van der Waals surface area contributed by atoms with E-state index >= 15 is 0 Å². The number of benzene rings is 1. The summed E-state index contributed by atoms with van der Waals surface area (Å²) in [5.41, 5.74) is 4.24. The van der Waals surface area contributed by atoms with Crippen LogP contribution in [0.2, 0.25) is 0 Å². The molecule has 0 spiro atoms. The molecule has 0 saturated carbocycles. The van der Waals surface area contributed by atoms with Crippen molar-refractivity contribution < 1.29 is 0 Å². The molecule has 4 heteroatoms. The molecule has 2 aromatic rings. The van der Waals surface area contributed by atoms with Gasteiger partial charge in [0.25, 0.3) is 0 Å². The van der Waals surface area contributed by atoms with Crippen molar-refractivity contribution in [3.05, 3.63) is 34.9 Å². The highest BCUT2D eigenvalue weighted by Crippen LogP contribution is 2.44. The van der Waals surface area contributed by atoms with Crippen LogP contribution in [0.3, 0.4) is 0 Å². The van der Waals surface area contributed by atoms with Crippen LogP contribution in [-0.4, -0.2) is 28.6 Å². The van der Waals surface area contributed by atoms with E-state index in [1.54, 1.807) is 10.5 Å². The second-order valence-electron chi connectivity index (χ2n) is 6.01. The number of allylic oxidation sites excluding steroid dienone is 2. The predicted octanol–water partition coefficient (Wildman–Crippen LogP) is 3.42. The minimum Gasteiger partial charge on any atom is -0.317 e. The minimum atomic E-state index is 0.774. The molecule has 1 fully saturated rings. The summed E-state index contributed by atoms with van der Waals surface area (Å²) in [6.07, 6.45) is 5.75. The molecular weight excluding hydrogens is 278 g/mol. The Labute approximate surface area is 129 Å². The normalized spacial score (nSPS) is 20.6. The lowest BCUT2D eigenvalue weighted by Gasteiger charge is -2.24. The molecule has 3 heterocycles. The first-order valence-electron chi connectivity index (χ1n) is 7.81. The van der Waals surface area contributed by atoms with Gasteiger partial charge in [-0.3, -0.25) is 4.68 Å². The van der Waals surface area contributed by atoms with Gasteiger partial charge in [-0.1, -0.05) is 12.1 Å². The Morgan fingerprint density at radius 1 is 1.29 bits per heavy atom. The third-order valence-electron chi connectivity index (χ3n) is 4.71. The standard InChI is InChI=1S/C17H21N3S/c1-20-16-10-13(2-3-14(16)11-19-20)15-6-9-21-17(15)12-4-7-18-8-5-12/h2-3,10-12,18H,4-9H2,1H3. The van der Waals surface area contributed by atoms with Crippen molar-refractivity contribution in [3.8, 4) is 0 Å². The quantitative estimate of drug-likeness (QED) is 0.921. The molecule has 4 rings (SSSR count). The van der Waals surface area contributed by atoms with Crippen LogP contribution in [0.4, 0.5) is 0 Å². The van der Waals surface area contributed by atoms with Gasteiger partial charge >= 0.3 is 0 Å². The van der Waals surface area contributed by atoms with Gasteiger partial charge in [-0.25, -0.2) is 0 Å². The van der Waals surface area contributed by atoms with Crippen molar-refractivity contribution in [2.45, 2.75) is 19.3 Å². The predicted molar refractivity (Wildman–Crippen MR) is 90.3 cm³/mol. The highest BCUT2D eigenvalue weighted by Gasteiger charge is 2.25. The average molecular weight is 299 g/mol. The molecule has 0 atom stereocenters. The van der Waals surface area contributed by atoms with E-state index in [1.165, 1.54) is 54.6 Å². The molecule has 1 saturated heterocycles. The van der Waals surface area contributed by atoms with Gasteiger partial charge in [0.05, 0.1) is 11.7 Å². The van der Waals surface area contributed by atoms with Gasteiger partial charge in [-0.2, -0.15) is 5.10 Å². The zero-order chi connectivity index (χ0) is 14.2. The van der Waals surface area contributed by atoms with Gasteiger partial charge in [0.15, 0.2) is 0 Å². The smallest absolute Gasteiger partial charge is 0.0685 e. The third kappa shape index (κ3) is 2.40. The molecule has 1 N–H and O–H groups in total. The zero-order valence-corrected chi connectivity index (χ0v) is 13.2. The number of rotatable bonds is 2. The summed E-state index contributed by atoms with van der Waals surface area (Å²) in [6, 6.07) is 6.82. The number of fused-ring (bicyclic) bond motifs is 1. The van der Waals surface area contributed by atoms with Crippen molar-refractivity contribution in [2.75, 3.05) is 18.8 Å². The molecule has 2 aliphatic rings. The number of nitrogens with one attached hydrogen (secondary N) is 1. The molecule has 3 nitrogen and oxygen atoms in total. The summed E-state index contributed by atoms with van der Waals surface area (Å²) in [5.74, 6) is 2.02. The number of hydrogen-bond donors (Lipinski definition) is 1. The molecule has 2 aliphatic heterocycles. The first-order chi connectivity index (χ1) is 10.3. The van der Waals surface area contributed by atoms with E-state index in [9.17, 15) is 0 Å². The molecule has 0 unspecified atom stereocenters. The largest absolute Gasteiger partial charge is 0.317 e. The van der Waals surface area contributed by atoms with Crippen LogP contribution >= 0.6 is 11.8 Å². The van der Waals surface area contributed by atoms with Crippen molar-refractivity contribution >= 4 is 28.2 Å². The van der Waals surface area contributed by atoms with Crippen LogP contribution in [-0.2, 0) is 7.05 Å². The maximum atomic E-state index is 4.36. The summed E-state index contributed by atoms with van der Waals surface area (Å²) < 4.78 is 1.98. The Bertz CT molecular complexity index is 695. The van der Waals surface area contributed by atoms with Crippen molar-refractivity contribution in [3.63, 3.8) is 0 Å². The Kier molecular flexibility index (Phi) is 3.51. The van der Waals surface area contributed by atoms with Crippen molar-refractivity contribution in [1.29, 1.82) is 0 Å². The minimum absolute atomic E-state index is 0.774. The number of aryl methyl sites for hydroxylation is 1. The van der Waals surface area contributed by atoms with E-state index in [-0.39, 0.29) is 0 Å². The van der Waals surface area contributed by atoms with E-state index in [0.29, 0.717) is 0 Å². The van der Waals surface area contributed by atoms with Gasteiger partial charge in [-0.15, -0.1) is 11.8 Å². The molecule has 0 amide bonds. The van der Waals surface area contributed by atoms with Crippen LogP contribution < -0.4 is 5.32 Å².